The van der Waals surface area contributed by atoms with E-state index in [9.17, 15) is 9.59 Å². The number of hydrogen-bond acceptors (Lipinski definition) is 6. The number of rotatable bonds is 6. The van der Waals surface area contributed by atoms with Crippen molar-refractivity contribution in [1.82, 2.24) is 29.7 Å². The maximum absolute atomic E-state index is 12.3. The highest BCUT2D eigenvalue weighted by Gasteiger charge is 2.33. The molecule has 3 rings (SSSR count). The standard InChI is InChI=1S/C15H22N6O2S/c1-10-18-21-9-12(17-15(21)24-10)7-16-14(23)11-6-13(22)20(8-11)5-4-19(2)3/h9,11H,4-8H2,1-3H3,(H,16,23)/t11-/m0/s1. The molecule has 9 heteroatoms. The molecular formula is C15H22N6O2S. The number of carbonyl (C=O) groups is 2. The van der Waals surface area contributed by atoms with Gasteiger partial charge in [0.15, 0.2) is 0 Å². The lowest BCUT2D eigenvalue weighted by Crippen LogP contribution is -2.35. The largest absolute Gasteiger partial charge is 0.350 e. The van der Waals surface area contributed by atoms with Gasteiger partial charge in [-0.25, -0.2) is 9.50 Å². The van der Waals surface area contributed by atoms with Crippen LogP contribution in [0, 0.1) is 12.8 Å². The number of amides is 2. The molecule has 0 aromatic carbocycles. The molecular weight excluding hydrogens is 328 g/mol. The van der Waals surface area contributed by atoms with E-state index >= 15 is 0 Å². The lowest BCUT2D eigenvalue weighted by molar-refractivity contribution is -0.129. The van der Waals surface area contributed by atoms with Gasteiger partial charge in [-0.15, -0.1) is 0 Å². The van der Waals surface area contributed by atoms with Gasteiger partial charge in [-0.05, 0) is 21.0 Å². The van der Waals surface area contributed by atoms with Crippen molar-refractivity contribution in [3.8, 4) is 0 Å². The van der Waals surface area contributed by atoms with E-state index < -0.39 is 0 Å². The van der Waals surface area contributed by atoms with Crippen molar-refractivity contribution in [3.05, 3.63) is 16.9 Å². The van der Waals surface area contributed by atoms with E-state index in [1.165, 1.54) is 11.3 Å². The molecule has 2 aromatic rings. The van der Waals surface area contributed by atoms with E-state index in [-0.39, 0.29) is 24.2 Å². The fourth-order valence-electron chi connectivity index (χ4n) is 2.74. The summed E-state index contributed by atoms with van der Waals surface area (Å²) in [6.45, 7) is 4.25. The Hall–Kier alpha value is -2.00. The van der Waals surface area contributed by atoms with Crippen LogP contribution in [0.5, 0.6) is 0 Å². The molecule has 0 saturated carbocycles. The zero-order valence-electron chi connectivity index (χ0n) is 14.2. The Labute approximate surface area is 144 Å². The molecule has 1 aliphatic heterocycles. The molecule has 3 heterocycles. The lowest BCUT2D eigenvalue weighted by Gasteiger charge is -2.19. The van der Waals surface area contributed by atoms with E-state index in [0.29, 0.717) is 19.6 Å². The zero-order valence-corrected chi connectivity index (χ0v) is 15.0. The molecule has 0 aliphatic carbocycles. The minimum atomic E-state index is -0.274. The summed E-state index contributed by atoms with van der Waals surface area (Å²) in [6.07, 6.45) is 2.11. The smallest absolute Gasteiger partial charge is 0.225 e. The Morgan fingerprint density at radius 3 is 3.00 bits per heavy atom. The topological polar surface area (TPSA) is 82.8 Å². The van der Waals surface area contributed by atoms with Crippen molar-refractivity contribution in [2.45, 2.75) is 19.9 Å². The average Bonchev–Trinajstić information content (AvgIpc) is 3.15. The van der Waals surface area contributed by atoms with Crippen molar-refractivity contribution >= 4 is 28.1 Å². The van der Waals surface area contributed by atoms with Gasteiger partial charge in [0.2, 0.25) is 16.8 Å². The van der Waals surface area contributed by atoms with Crippen LogP contribution in [-0.2, 0) is 16.1 Å². The van der Waals surface area contributed by atoms with E-state index in [1.807, 2.05) is 32.1 Å². The van der Waals surface area contributed by atoms with Gasteiger partial charge in [0.1, 0.15) is 5.01 Å². The van der Waals surface area contributed by atoms with Crippen LogP contribution < -0.4 is 5.32 Å². The van der Waals surface area contributed by atoms with Crippen LogP contribution in [0.1, 0.15) is 17.1 Å². The summed E-state index contributed by atoms with van der Waals surface area (Å²) in [7, 11) is 3.94. The molecule has 1 fully saturated rings. The van der Waals surface area contributed by atoms with Gasteiger partial charge in [-0.2, -0.15) is 5.10 Å². The number of likely N-dealkylation sites (tertiary alicyclic amines) is 1. The molecule has 1 aliphatic rings. The molecule has 2 amide bonds. The third-order valence-electron chi connectivity index (χ3n) is 4.04. The van der Waals surface area contributed by atoms with Crippen molar-refractivity contribution < 1.29 is 9.59 Å². The molecule has 0 radical (unpaired) electrons. The zero-order chi connectivity index (χ0) is 17.3. The van der Waals surface area contributed by atoms with Gasteiger partial charge >= 0.3 is 0 Å². The molecule has 1 saturated heterocycles. The summed E-state index contributed by atoms with van der Waals surface area (Å²) < 4.78 is 1.73. The number of fused-ring (bicyclic) bond motifs is 1. The Balaban J connectivity index is 1.51. The molecule has 130 valence electrons. The third kappa shape index (κ3) is 3.73. The molecule has 8 nitrogen and oxygen atoms in total. The summed E-state index contributed by atoms with van der Waals surface area (Å²) in [5.41, 5.74) is 0.774. The predicted octanol–water partition coefficient (Wildman–Crippen LogP) is 0.126. The molecule has 0 spiro atoms. The maximum Gasteiger partial charge on any atom is 0.225 e. The number of carbonyl (C=O) groups excluding carboxylic acids is 2. The van der Waals surface area contributed by atoms with Crippen molar-refractivity contribution in [2.24, 2.45) is 5.92 Å². The molecule has 24 heavy (non-hydrogen) atoms. The lowest BCUT2D eigenvalue weighted by atomic mass is 10.1. The second-order valence-electron chi connectivity index (χ2n) is 6.34. The van der Waals surface area contributed by atoms with E-state index in [1.54, 1.807) is 9.42 Å². The first-order valence-electron chi connectivity index (χ1n) is 7.94. The van der Waals surface area contributed by atoms with Gasteiger partial charge in [0.05, 0.1) is 24.4 Å². The van der Waals surface area contributed by atoms with E-state index in [0.717, 1.165) is 22.2 Å². The Morgan fingerprint density at radius 1 is 1.50 bits per heavy atom. The number of hydrogen-bond donors (Lipinski definition) is 1. The van der Waals surface area contributed by atoms with Crippen LogP contribution in [-0.4, -0.2) is 69.9 Å². The Kier molecular flexibility index (Phi) is 4.81. The predicted molar refractivity (Wildman–Crippen MR) is 90.7 cm³/mol. The van der Waals surface area contributed by atoms with Crippen molar-refractivity contribution in [3.63, 3.8) is 0 Å². The molecule has 0 unspecified atom stereocenters. The van der Waals surface area contributed by atoms with Gasteiger partial charge in [0, 0.05) is 26.1 Å². The van der Waals surface area contributed by atoms with Gasteiger partial charge in [-0.1, -0.05) is 11.3 Å². The highest BCUT2D eigenvalue weighted by molar-refractivity contribution is 7.16. The minimum Gasteiger partial charge on any atom is -0.350 e. The van der Waals surface area contributed by atoms with Crippen molar-refractivity contribution in [2.75, 3.05) is 33.7 Å². The first kappa shape index (κ1) is 16.8. The number of imidazole rings is 1. The molecule has 0 bridgehead atoms. The molecule has 2 aromatic heterocycles. The third-order valence-corrected chi connectivity index (χ3v) is 4.88. The monoisotopic (exact) mass is 350 g/mol. The number of aromatic nitrogens is 3. The van der Waals surface area contributed by atoms with Crippen LogP contribution in [0.4, 0.5) is 0 Å². The second-order valence-corrected chi connectivity index (χ2v) is 7.50. The molecule has 1 atom stereocenters. The minimum absolute atomic E-state index is 0.0548. The van der Waals surface area contributed by atoms with Gasteiger partial charge in [-0.3, -0.25) is 9.59 Å². The van der Waals surface area contributed by atoms with Gasteiger partial charge in [0.25, 0.3) is 0 Å². The van der Waals surface area contributed by atoms with Crippen molar-refractivity contribution in [1.29, 1.82) is 0 Å². The van der Waals surface area contributed by atoms with Crippen LogP contribution in [0.2, 0.25) is 0 Å². The summed E-state index contributed by atoms with van der Waals surface area (Å²) in [5.74, 6) is -0.306. The highest BCUT2D eigenvalue weighted by atomic mass is 32.1. The van der Waals surface area contributed by atoms with Gasteiger partial charge < -0.3 is 15.1 Å². The number of aryl methyl sites for hydroxylation is 1. The van der Waals surface area contributed by atoms with Crippen LogP contribution >= 0.6 is 11.3 Å². The first-order valence-corrected chi connectivity index (χ1v) is 8.76. The molecule has 1 N–H and O–H groups in total. The van der Waals surface area contributed by atoms with Crippen LogP contribution in [0.25, 0.3) is 4.96 Å². The summed E-state index contributed by atoms with van der Waals surface area (Å²) >= 11 is 1.51. The van der Waals surface area contributed by atoms with E-state index in [2.05, 4.69) is 15.4 Å². The fourth-order valence-corrected chi connectivity index (χ4v) is 3.48. The quantitative estimate of drug-likeness (QED) is 0.800. The second kappa shape index (κ2) is 6.86. The fraction of sp³-hybridized carbons (Fsp3) is 0.600. The SMILES string of the molecule is Cc1nn2cc(CNC(=O)[C@H]3CC(=O)N(CCN(C)C)C3)nc2s1. The van der Waals surface area contributed by atoms with E-state index in [4.69, 9.17) is 0 Å². The van der Waals surface area contributed by atoms with Crippen LogP contribution in [0.3, 0.4) is 0 Å². The Bertz CT molecular complexity index is 721. The Morgan fingerprint density at radius 2 is 2.29 bits per heavy atom. The highest BCUT2D eigenvalue weighted by Crippen LogP contribution is 2.18. The van der Waals surface area contributed by atoms with Crippen LogP contribution in [0.15, 0.2) is 6.20 Å². The first-order chi connectivity index (χ1) is 11.4. The normalized spacial score (nSPS) is 18.1. The average molecular weight is 350 g/mol. The summed E-state index contributed by atoms with van der Waals surface area (Å²) in [6, 6.07) is 0. The number of nitrogens with zero attached hydrogens (tertiary/aromatic N) is 5. The maximum atomic E-state index is 12.3. The number of nitrogens with one attached hydrogen (secondary N) is 1. The summed E-state index contributed by atoms with van der Waals surface area (Å²) in [4.78, 5) is 33.4. The number of likely N-dealkylation sites (N-methyl/N-ethyl adjacent to an activating group) is 1. The summed E-state index contributed by atoms with van der Waals surface area (Å²) in [5, 5.41) is 8.14.